The summed E-state index contributed by atoms with van der Waals surface area (Å²) in [6.45, 7) is 6.61. The van der Waals surface area contributed by atoms with Crippen molar-refractivity contribution in [1.82, 2.24) is 0 Å². The average Bonchev–Trinajstić information content (AvgIpc) is 2.17. The lowest BCUT2D eigenvalue weighted by molar-refractivity contribution is 0.464. The summed E-state index contributed by atoms with van der Waals surface area (Å²) in [5.41, 5.74) is 1.38. The third-order valence-electron chi connectivity index (χ3n) is 2.53. The van der Waals surface area contributed by atoms with Crippen molar-refractivity contribution in [2.75, 3.05) is 0 Å². The van der Waals surface area contributed by atoms with E-state index in [1.807, 2.05) is 12.1 Å². The zero-order valence-corrected chi connectivity index (χ0v) is 9.12. The zero-order chi connectivity index (χ0) is 10.6. The van der Waals surface area contributed by atoms with E-state index >= 15 is 0 Å². The van der Waals surface area contributed by atoms with Gasteiger partial charge in [-0.2, -0.15) is 0 Å². The Morgan fingerprint density at radius 3 is 2.29 bits per heavy atom. The lowest BCUT2D eigenvalue weighted by atomic mass is 9.89. The molecule has 0 heterocycles. The molecule has 0 bridgehead atoms. The molecule has 1 heteroatoms. The summed E-state index contributed by atoms with van der Waals surface area (Å²) in [5.74, 6) is 0.317. The second-order valence-electron chi connectivity index (χ2n) is 4.27. The molecule has 76 valence electrons. The van der Waals surface area contributed by atoms with Crippen LogP contribution in [0.3, 0.4) is 0 Å². The van der Waals surface area contributed by atoms with E-state index in [-0.39, 0.29) is 5.41 Å². The number of allylic oxidation sites excluding steroid dienone is 1. The van der Waals surface area contributed by atoms with Crippen LogP contribution in [0.2, 0.25) is 0 Å². The van der Waals surface area contributed by atoms with Crippen molar-refractivity contribution >= 4 is 6.08 Å². The van der Waals surface area contributed by atoms with Gasteiger partial charge in [-0.3, -0.25) is 0 Å². The van der Waals surface area contributed by atoms with Crippen LogP contribution in [0.5, 0.6) is 5.75 Å². The highest BCUT2D eigenvalue weighted by Gasteiger charge is 2.09. The molecule has 0 spiro atoms. The van der Waals surface area contributed by atoms with Gasteiger partial charge in [0.05, 0.1) is 0 Å². The third kappa shape index (κ3) is 3.25. The van der Waals surface area contributed by atoms with Gasteiger partial charge in [-0.1, -0.05) is 45.1 Å². The van der Waals surface area contributed by atoms with Gasteiger partial charge < -0.3 is 5.11 Å². The maximum absolute atomic E-state index is 9.11. The number of benzene rings is 1. The summed E-state index contributed by atoms with van der Waals surface area (Å²) in [5, 5.41) is 9.11. The highest BCUT2D eigenvalue weighted by atomic mass is 16.3. The van der Waals surface area contributed by atoms with Crippen LogP contribution < -0.4 is 0 Å². The van der Waals surface area contributed by atoms with Crippen molar-refractivity contribution in [3.8, 4) is 5.75 Å². The number of hydrogen-bond donors (Lipinski definition) is 1. The van der Waals surface area contributed by atoms with Crippen LogP contribution >= 0.6 is 0 Å². The predicted molar refractivity (Wildman–Crippen MR) is 61.2 cm³/mol. The molecule has 0 amide bonds. The van der Waals surface area contributed by atoms with Gasteiger partial charge in [0.15, 0.2) is 0 Å². The lowest BCUT2D eigenvalue weighted by Gasteiger charge is -2.16. The monoisotopic (exact) mass is 190 g/mol. The molecule has 0 atom stereocenters. The minimum absolute atomic E-state index is 0.248. The van der Waals surface area contributed by atoms with Gasteiger partial charge in [0.25, 0.3) is 0 Å². The first kappa shape index (κ1) is 10.8. The van der Waals surface area contributed by atoms with Crippen molar-refractivity contribution < 1.29 is 5.11 Å². The van der Waals surface area contributed by atoms with Gasteiger partial charge in [0.1, 0.15) is 5.75 Å². The molecule has 1 aromatic carbocycles. The van der Waals surface area contributed by atoms with Gasteiger partial charge >= 0.3 is 0 Å². The first-order chi connectivity index (χ1) is 6.53. The predicted octanol–water partition coefficient (Wildman–Crippen LogP) is 3.84. The van der Waals surface area contributed by atoms with E-state index in [4.69, 9.17) is 5.11 Å². The highest BCUT2D eigenvalue weighted by Crippen LogP contribution is 2.23. The van der Waals surface area contributed by atoms with Gasteiger partial charge in [0, 0.05) is 0 Å². The first-order valence-electron chi connectivity index (χ1n) is 5.02. The molecule has 14 heavy (non-hydrogen) atoms. The van der Waals surface area contributed by atoms with Crippen molar-refractivity contribution in [3.05, 3.63) is 35.9 Å². The van der Waals surface area contributed by atoms with Crippen molar-refractivity contribution in [1.29, 1.82) is 0 Å². The topological polar surface area (TPSA) is 20.2 Å². The summed E-state index contributed by atoms with van der Waals surface area (Å²) in [4.78, 5) is 0. The molecule has 0 radical (unpaired) electrons. The molecule has 0 aliphatic heterocycles. The molecule has 0 aliphatic carbocycles. The SMILES string of the molecule is CCC(C)(C)C=Cc1ccc(O)cc1. The van der Waals surface area contributed by atoms with E-state index in [0.29, 0.717) is 5.75 Å². The first-order valence-corrected chi connectivity index (χ1v) is 5.02. The van der Waals surface area contributed by atoms with E-state index in [2.05, 4.69) is 32.9 Å². The third-order valence-corrected chi connectivity index (χ3v) is 2.53. The minimum Gasteiger partial charge on any atom is -0.508 e. The molecule has 0 aromatic heterocycles. The largest absolute Gasteiger partial charge is 0.508 e. The Labute approximate surface area is 86.1 Å². The zero-order valence-electron chi connectivity index (χ0n) is 9.12. The number of rotatable bonds is 3. The molecule has 0 saturated heterocycles. The second kappa shape index (κ2) is 4.32. The molecular weight excluding hydrogens is 172 g/mol. The van der Waals surface area contributed by atoms with Crippen molar-refractivity contribution in [2.24, 2.45) is 5.41 Å². The molecule has 0 aliphatic rings. The number of hydrogen-bond acceptors (Lipinski definition) is 1. The van der Waals surface area contributed by atoms with Gasteiger partial charge in [0.2, 0.25) is 0 Å². The van der Waals surface area contributed by atoms with Crippen LogP contribution in [0.25, 0.3) is 6.08 Å². The number of phenols is 1. The number of aromatic hydroxyl groups is 1. The lowest BCUT2D eigenvalue weighted by Crippen LogP contribution is -2.03. The van der Waals surface area contributed by atoms with Crippen LogP contribution in [-0.4, -0.2) is 5.11 Å². The van der Waals surface area contributed by atoms with Crippen molar-refractivity contribution in [3.63, 3.8) is 0 Å². The standard InChI is InChI=1S/C13H18O/c1-4-13(2,3)10-9-11-5-7-12(14)8-6-11/h5-10,14H,4H2,1-3H3. The Balaban J connectivity index is 2.74. The van der Waals surface area contributed by atoms with Crippen LogP contribution in [0, 0.1) is 5.41 Å². The summed E-state index contributed by atoms with van der Waals surface area (Å²) < 4.78 is 0. The maximum atomic E-state index is 9.11. The normalized spacial score (nSPS) is 12.2. The number of phenolic OH excluding ortho intramolecular Hbond substituents is 1. The van der Waals surface area contributed by atoms with E-state index in [1.54, 1.807) is 12.1 Å². The van der Waals surface area contributed by atoms with E-state index in [9.17, 15) is 0 Å². The summed E-state index contributed by atoms with van der Waals surface area (Å²) >= 11 is 0. The summed E-state index contributed by atoms with van der Waals surface area (Å²) in [7, 11) is 0. The Morgan fingerprint density at radius 1 is 1.21 bits per heavy atom. The molecule has 1 rings (SSSR count). The fourth-order valence-electron chi connectivity index (χ4n) is 1.03. The molecule has 1 aromatic rings. The van der Waals surface area contributed by atoms with E-state index in [0.717, 1.165) is 12.0 Å². The Kier molecular flexibility index (Phi) is 3.34. The van der Waals surface area contributed by atoms with Crippen LogP contribution in [-0.2, 0) is 0 Å². The highest BCUT2D eigenvalue weighted by molar-refractivity contribution is 5.51. The van der Waals surface area contributed by atoms with Gasteiger partial charge in [-0.15, -0.1) is 0 Å². The summed E-state index contributed by atoms with van der Waals surface area (Å²) in [6.07, 6.45) is 5.43. The quantitative estimate of drug-likeness (QED) is 0.767. The van der Waals surface area contributed by atoms with Crippen molar-refractivity contribution in [2.45, 2.75) is 27.2 Å². The molecular formula is C13H18O. The van der Waals surface area contributed by atoms with Crippen LogP contribution in [0.1, 0.15) is 32.8 Å². The molecule has 0 saturated carbocycles. The molecule has 0 unspecified atom stereocenters. The van der Waals surface area contributed by atoms with Crippen LogP contribution in [0.4, 0.5) is 0 Å². The maximum Gasteiger partial charge on any atom is 0.115 e. The Hall–Kier alpha value is -1.24. The van der Waals surface area contributed by atoms with Crippen LogP contribution in [0.15, 0.2) is 30.3 Å². The van der Waals surface area contributed by atoms with E-state index < -0.39 is 0 Å². The minimum atomic E-state index is 0.248. The fourth-order valence-corrected chi connectivity index (χ4v) is 1.03. The molecule has 1 N–H and O–H groups in total. The Morgan fingerprint density at radius 2 is 1.79 bits per heavy atom. The fraction of sp³-hybridized carbons (Fsp3) is 0.385. The molecule has 1 nitrogen and oxygen atoms in total. The Bertz CT molecular complexity index is 307. The second-order valence-corrected chi connectivity index (χ2v) is 4.27. The van der Waals surface area contributed by atoms with Gasteiger partial charge in [-0.25, -0.2) is 0 Å². The van der Waals surface area contributed by atoms with E-state index in [1.165, 1.54) is 0 Å². The molecule has 0 fully saturated rings. The summed E-state index contributed by atoms with van der Waals surface area (Å²) in [6, 6.07) is 7.24. The van der Waals surface area contributed by atoms with Gasteiger partial charge in [-0.05, 0) is 29.5 Å². The average molecular weight is 190 g/mol. The smallest absolute Gasteiger partial charge is 0.115 e.